The van der Waals surface area contributed by atoms with Crippen molar-refractivity contribution in [1.29, 1.82) is 0 Å². The first-order valence-electron chi connectivity index (χ1n) is 7.46. The van der Waals surface area contributed by atoms with E-state index in [9.17, 15) is 38.7 Å². The number of rotatable bonds is 9. The average Bonchev–Trinajstić information content (AvgIpc) is 2.86. The molecule has 0 bridgehead atoms. The van der Waals surface area contributed by atoms with Crippen LogP contribution in [0.15, 0.2) is 21.9 Å². The third-order valence-corrected chi connectivity index (χ3v) is 8.42. The number of nitrogens with zero attached hydrogens (tertiary/aromatic N) is 1. The molecular formula is C9H16N3O14P3S. The first-order chi connectivity index (χ1) is 13.7. The molecule has 0 saturated carbocycles. The smallest absolute Gasteiger partial charge is 0.387 e. The third kappa shape index (κ3) is 6.67. The Balaban J connectivity index is 2.05. The van der Waals surface area contributed by atoms with Crippen LogP contribution in [0.3, 0.4) is 0 Å². The molecule has 17 nitrogen and oxygen atoms in total. The highest BCUT2D eigenvalue weighted by molar-refractivity contribution is 8.08. The maximum atomic E-state index is 11.8. The second kappa shape index (κ2) is 9.46. The Bertz CT molecular complexity index is 1030. The predicted octanol–water partition coefficient (Wildman–Crippen LogP) is -2.40. The van der Waals surface area contributed by atoms with Crippen LogP contribution in [0.4, 0.5) is 0 Å². The Morgan fingerprint density at radius 1 is 1.20 bits per heavy atom. The molecule has 0 aliphatic carbocycles. The number of hydrogen-bond donors (Lipinski definition) is 8. The lowest BCUT2D eigenvalue weighted by atomic mass is 10.1. The summed E-state index contributed by atoms with van der Waals surface area (Å²) in [6, 6.07) is 0.953. The normalized spacial score (nSPS) is 30.3. The van der Waals surface area contributed by atoms with Crippen LogP contribution >= 0.6 is 22.3 Å². The largest absolute Gasteiger partial charge is 0.487 e. The summed E-state index contributed by atoms with van der Waals surface area (Å²) in [5, 5.41) is 29.1. The summed E-state index contributed by atoms with van der Waals surface area (Å²) in [5.41, 5.74) is -1.68. The van der Waals surface area contributed by atoms with Gasteiger partial charge >= 0.3 is 28.0 Å². The lowest BCUT2D eigenvalue weighted by Gasteiger charge is -2.22. The number of aromatic nitrogens is 2. The number of ether oxygens (including phenoxy) is 1. The summed E-state index contributed by atoms with van der Waals surface area (Å²) in [5.74, 6) is 0. The van der Waals surface area contributed by atoms with Gasteiger partial charge in [0.05, 0.1) is 6.61 Å². The molecule has 1 aliphatic rings. The van der Waals surface area contributed by atoms with Gasteiger partial charge in [-0.2, -0.15) is 4.31 Å². The van der Waals surface area contributed by atoms with E-state index in [1.54, 1.807) is 0 Å². The molecule has 8 N–H and O–H groups in total. The molecule has 0 amide bonds. The zero-order valence-corrected chi connectivity index (χ0v) is 17.8. The van der Waals surface area contributed by atoms with Crippen LogP contribution < -0.4 is 16.5 Å². The molecule has 3 unspecified atom stereocenters. The average molecular weight is 515 g/mol. The zero-order chi connectivity index (χ0) is 22.9. The first kappa shape index (κ1) is 25.6. The van der Waals surface area contributed by atoms with Crippen molar-refractivity contribution < 1.29 is 57.1 Å². The van der Waals surface area contributed by atoms with E-state index in [-0.39, 0.29) is 0 Å². The number of aliphatic hydroxyl groups excluding tert-OH is 2. The minimum atomic E-state index is -5.51. The number of nitrogens with one attached hydrogen (secondary N) is 2. The number of aromatic amines is 1. The van der Waals surface area contributed by atoms with Crippen molar-refractivity contribution in [2.75, 3.05) is 6.61 Å². The van der Waals surface area contributed by atoms with E-state index in [1.165, 1.54) is 0 Å². The van der Waals surface area contributed by atoms with Crippen LogP contribution in [-0.2, 0) is 38.8 Å². The Hall–Kier alpha value is -0.650. The quantitative estimate of drug-likeness (QED) is 0.126. The first-order valence-corrected chi connectivity index (χ1v) is 13.1. The monoisotopic (exact) mass is 515 g/mol. The van der Waals surface area contributed by atoms with Crippen LogP contribution in [0, 0.1) is 0 Å². The van der Waals surface area contributed by atoms with Gasteiger partial charge in [0, 0.05) is 12.3 Å². The van der Waals surface area contributed by atoms with Crippen molar-refractivity contribution in [2.45, 2.75) is 24.5 Å². The standard InChI is InChI=1S/C9H16N3O14P3S/c13-5-1-2-12(9(16)10-5)8-7(15)6(14)4(24-8)3-23-29(22,30)26-28(20,21)25-27(18,19)11-17/h1-2,4,6-8,14-15,17H,3H2,(H,20,21)(H,22,30)(H,10,13,16)(H2,11,18,19)/t4-,6-,7-,8-,29?/m1/s1. The summed E-state index contributed by atoms with van der Waals surface area (Å²) in [6.07, 6.45) is -5.31. The van der Waals surface area contributed by atoms with E-state index in [2.05, 4.69) is 20.4 Å². The molecule has 0 radical (unpaired) electrons. The molecule has 1 saturated heterocycles. The van der Waals surface area contributed by atoms with Gasteiger partial charge in [0.2, 0.25) is 0 Å². The summed E-state index contributed by atoms with van der Waals surface area (Å²) in [4.78, 5) is 52.8. The topological polar surface area (TPSA) is 259 Å². The molecule has 172 valence electrons. The summed E-state index contributed by atoms with van der Waals surface area (Å²) < 4.78 is 41.1. The fourth-order valence-corrected chi connectivity index (χ4v) is 6.38. The van der Waals surface area contributed by atoms with Crippen LogP contribution in [0.1, 0.15) is 6.23 Å². The van der Waals surface area contributed by atoms with Gasteiger partial charge in [-0.15, -0.1) is 5.25 Å². The van der Waals surface area contributed by atoms with Crippen molar-refractivity contribution in [3.8, 4) is 0 Å². The minimum absolute atomic E-state index is 0.701. The molecule has 1 fully saturated rings. The van der Waals surface area contributed by atoms with Gasteiger partial charge in [-0.25, -0.2) is 18.2 Å². The van der Waals surface area contributed by atoms with Gasteiger partial charge in [-0.05, 0) is 11.8 Å². The maximum Gasteiger partial charge on any atom is 0.487 e. The Morgan fingerprint density at radius 2 is 1.83 bits per heavy atom. The maximum absolute atomic E-state index is 11.8. The molecule has 2 rings (SSSR count). The van der Waals surface area contributed by atoms with Gasteiger partial charge in [-0.3, -0.25) is 14.3 Å². The molecule has 0 aromatic carbocycles. The lowest BCUT2D eigenvalue weighted by Crippen LogP contribution is -2.37. The van der Waals surface area contributed by atoms with Crippen molar-refractivity contribution >= 4 is 34.1 Å². The second-order valence-electron chi connectivity index (χ2n) is 5.58. The Kier molecular flexibility index (Phi) is 8.07. The Morgan fingerprint density at radius 3 is 2.40 bits per heavy atom. The number of phosphoric acid groups is 1. The fourth-order valence-electron chi connectivity index (χ4n) is 2.22. The molecule has 21 heteroatoms. The highest BCUT2D eigenvalue weighted by Gasteiger charge is 2.45. The molecule has 1 aromatic heterocycles. The fraction of sp³-hybridized carbons (Fsp3) is 0.556. The summed E-state index contributed by atoms with van der Waals surface area (Å²) >= 11 is 4.44. The zero-order valence-electron chi connectivity index (χ0n) is 14.3. The SMILES string of the molecule is O=c1ccn([C@@H]2O[C@H](COP(O)(=S)OP(=O)(O)OP(=O)(O)NO)[C@@H](O)[C@H]2O)c(=O)[nH]1. The van der Waals surface area contributed by atoms with Crippen molar-refractivity contribution in [3.63, 3.8) is 0 Å². The van der Waals surface area contributed by atoms with E-state index < -0.39 is 64.7 Å². The highest BCUT2D eigenvalue weighted by atomic mass is 32.5. The van der Waals surface area contributed by atoms with Crippen molar-refractivity contribution in [3.05, 3.63) is 33.1 Å². The molecule has 1 aliphatic heterocycles. The van der Waals surface area contributed by atoms with Crippen molar-refractivity contribution in [1.82, 2.24) is 14.8 Å². The van der Waals surface area contributed by atoms with E-state index >= 15 is 0 Å². The molecule has 1 aromatic rings. The van der Waals surface area contributed by atoms with Crippen LogP contribution in [-0.4, -0.2) is 64.6 Å². The van der Waals surface area contributed by atoms with Crippen LogP contribution in [0.25, 0.3) is 0 Å². The van der Waals surface area contributed by atoms with Gasteiger partial charge in [0.1, 0.15) is 18.3 Å². The van der Waals surface area contributed by atoms with Crippen LogP contribution in [0.2, 0.25) is 0 Å². The molecule has 30 heavy (non-hydrogen) atoms. The highest BCUT2D eigenvalue weighted by Crippen LogP contribution is 2.66. The van der Waals surface area contributed by atoms with Gasteiger partial charge in [0.15, 0.2) is 6.23 Å². The van der Waals surface area contributed by atoms with E-state index in [0.717, 1.165) is 16.8 Å². The summed E-state index contributed by atoms with van der Waals surface area (Å²) in [6.45, 7) is -5.49. The van der Waals surface area contributed by atoms with Gasteiger partial charge < -0.3 is 39.4 Å². The second-order valence-corrected chi connectivity index (χ2v) is 11.6. The number of aliphatic hydroxyl groups is 2. The number of hydrogen-bond acceptors (Lipinski definition) is 12. The number of H-pyrrole nitrogens is 1. The molecule has 7 atom stereocenters. The van der Waals surface area contributed by atoms with Crippen LogP contribution in [0.5, 0.6) is 0 Å². The van der Waals surface area contributed by atoms with Gasteiger partial charge in [0.25, 0.3) is 5.56 Å². The van der Waals surface area contributed by atoms with E-state index in [1.807, 2.05) is 4.98 Å². The molecule has 0 spiro atoms. The lowest BCUT2D eigenvalue weighted by molar-refractivity contribution is -0.0527. The predicted molar refractivity (Wildman–Crippen MR) is 96.4 cm³/mol. The minimum Gasteiger partial charge on any atom is -0.387 e. The van der Waals surface area contributed by atoms with E-state index in [0.29, 0.717) is 5.25 Å². The van der Waals surface area contributed by atoms with Crippen molar-refractivity contribution in [2.24, 2.45) is 0 Å². The van der Waals surface area contributed by atoms with Gasteiger partial charge in [-0.1, -0.05) is 0 Å². The summed E-state index contributed by atoms with van der Waals surface area (Å²) in [7, 11) is -10.7. The van der Waals surface area contributed by atoms with E-state index in [4.69, 9.17) is 19.4 Å². The Labute approximate surface area is 170 Å². The molecular weight excluding hydrogens is 499 g/mol. The molecule has 2 heterocycles. The third-order valence-electron chi connectivity index (χ3n) is 3.41.